The Labute approximate surface area is 299 Å². The summed E-state index contributed by atoms with van der Waals surface area (Å²) in [7, 11) is 0. The smallest absolute Gasteiger partial charge is 0.344 e. The maximum Gasteiger partial charge on any atom is 0.344 e. The highest BCUT2D eigenvalue weighted by Gasteiger charge is 2.59. The summed E-state index contributed by atoms with van der Waals surface area (Å²) in [5.74, 6) is 5.07. The molecule has 1 aromatic heterocycles. The molecule has 0 saturated heterocycles. The quantitative estimate of drug-likeness (QED) is 0.121. The number of carbonyl (C=O) groups is 1. The zero-order valence-electron chi connectivity index (χ0n) is 31.3. The molecule has 0 radical (unpaired) electrons. The van der Waals surface area contributed by atoms with Crippen molar-refractivity contribution in [3.05, 3.63) is 76.2 Å². The highest BCUT2D eigenvalue weighted by Crippen LogP contribution is 2.67. The first-order valence-electron chi connectivity index (χ1n) is 19.6. The molecule has 1 heterocycles. The summed E-state index contributed by atoms with van der Waals surface area (Å²) in [6.07, 6.45) is 16.2. The Morgan fingerprint density at radius 2 is 1.76 bits per heavy atom. The normalized spacial score (nSPS) is 31.0. The average Bonchev–Trinajstić information content (AvgIpc) is 3.45. The van der Waals surface area contributed by atoms with Crippen LogP contribution in [0.5, 0.6) is 5.75 Å². The lowest BCUT2D eigenvalue weighted by atomic mass is 9.47. The van der Waals surface area contributed by atoms with E-state index in [-0.39, 0.29) is 24.1 Å². The van der Waals surface area contributed by atoms with Crippen molar-refractivity contribution in [1.29, 1.82) is 0 Å². The zero-order valence-corrected chi connectivity index (χ0v) is 31.3. The van der Waals surface area contributed by atoms with Gasteiger partial charge in [0.05, 0.1) is 0 Å². The van der Waals surface area contributed by atoms with Gasteiger partial charge in [-0.25, -0.2) is 9.59 Å². The molecule has 4 aliphatic rings. The molecule has 0 spiro atoms. The van der Waals surface area contributed by atoms with Gasteiger partial charge in [0.15, 0.2) is 6.61 Å². The van der Waals surface area contributed by atoms with Gasteiger partial charge in [-0.15, -0.1) is 0 Å². The van der Waals surface area contributed by atoms with Crippen LogP contribution >= 0.6 is 0 Å². The molecule has 0 N–H and O–H groups in total. The van der Waals surface area contributed by atoms with E-state index in [0.29, 0.717) is 22.3 Å². The average molecular weight is 679 g/mol. The van der Waals surface area contributed by atoms with Crippen molar-refractivity contribution in [2.24, 2.45) is 46.3 Å². The Balaban J connectivity index is 0.973. The molecule has 0 unspecified atom stereocenters. The number of benzene rings is 2. The summed E-state index contributed by atoms with van der Waals surface area (Å²) in [6.45, 7) is 14.2. The van der Waals surface area contributed by atoms with Crippen LogP contribution in [0.2, 0.25) is 0 Å². The molecule has 50 heavy (non-hydrogen) atoms. The third kappa shape index (κ3) is 6.48. The Morgan fingerprint density at radius 1 is 0.960 bits per heavy atom. The fourth-order valence-electron chi connectivity index (χ4n) is 11.5. The molecule has 4 aliphatic carbocycles. The molecule has 5 nitrogen and oxygen atoms in total. The van der Waals surface area contributed by atoms with Crippen LogP contribution in [0.1, 0.15) is 111 Å². The summed E-state index contributed by atoms with van der Waals surface area (Å²) >= 11 is 0. The van der Waals surface area contributed by atoms with Gasteiger partial charge in [-0.1, -0.05) is 95.9 Å². The van der Waals surface area contributed by atoms with Crippen LogP contribution in [0.15, 0.2) is 69.4 Å². The second-order valence-corrected chi connectivity index (χ2v) is 17.3. The first-order chi connectivity index (χ1) is 24.0. The van der Waals surface area contributed by atoms with Crippen molar-refractivity contribution in [2.45, 2.75) is 118 Å². The molecule has 268 valence electrons. The third-order valence-electron chi connectivity index (χ3n) is 14.1. The maximum absolute atomic E-state index is 13.1. The van der Waals surface area contributed by atoms with Gasteiger partial charge >= 0.3 is 11.6 Å². The van der Waals surface area contributed by atoms with Crippen LogP contribution in [-0.2, 0) is 9.53 Å². The molecule has 0 bridgehead atoms. The number of aryl methyl sites for hydroxylation is 1. The predicted molar refractivity (Wildman–Crippen MR) is 201 cm³/mol. The summed E-state index contributed by atoms with van der Waals surface area (Å²) < 4.78 is 17.7. The third-order valence-corrected chi connectivity index (χ3v) is 14.1. The Kier molecular flexibility index (Phi) is 9.82. The van der Waals surface area contributed by atoms with E-state index in [4.69, 9.17) is 13.9 Å². The number of hydrogen-bond donors (Lipinski definition) is 0. The van der Waals surface area contributed by atoms with E-state index in [0.717, 1.165) is 71.3 Å². The standard InChI is InChI=1S/C45H58O5/c1-28(2)11-10-12-29(3)37-18-19-38-35-16-15-32-25-33(21-23-44(32,5)39(35)22-24-45(37,38)6)49-42(47)27-48-40-20-17-34-36(31-13-8-7-9-14-31)26-41(46)50-43(34)30(40)4/h7-9,13-15,17,20,26,28-29,33,35,37-39H,10-12,16,18-19,21-25,27H2,1-6H3/t29-,33+,35+,37-,38+,39+,44+,45-/m1/s1. The molecular formula is C45H58O5. The predicted octanol–water partition coefficient (Wildman–Crippen LogP) is 11.1. The van der Waals surface area contributed by atoms with Gasteiger partial charge in [0.25, 0.3) is 0 Å². The fraction of sp³-hybridized carbons (Fsp3) is 0.600. The van der Waals surface area contributed by atoms with Crippen molar-refractivity contribution >= 4 is 16.9 Å². The van der Waals surface area contributed by atoms with E-state index in [1.165, 1.54) is 63.0 Å². The van der Waals surface area contributed by atoms with Crippen molar-refractivity contribution in [1.82, 2.24) is 0 Å². The molecule has 0 amide bonds. The van der Waals surface area contributed by atoms with Crippen molar-refractivity contribution in [2.75, 3.05) is 6.61 Å². The number of hydrogen-bond acceptors (Lipinski definition) is 5. The lowest BCUT2D eigenvalue weighted by Crippen LogP contribution is -2.51. The van der Waals surface area contributed by atoms with E-state index in [2.05, 4.69) is 40.7 Å². The van der Waals surface area contributed by atoms with Crippen LogP contribution in [-0.4, -0.2) is 18.7 Å². The first-order valence-corrected chi connectivity index (χ1v) is 19.6. The summed E-state index contributed by atoms with van der Waals surface area (Å²) in [5, 5.41) is 0.832. The topological polar surface area (TPSA) is 65.7 Å². The van der Waals surface area contributed by atoms with Crippen molar-refractivity contribution < 1.29 is 18.7 Å². The molecule has 7 rings (SSSR count). The van der Waals surface area contributed by atoms with Crippen LogP contribution in [0.4, 0.5) is 0 Å². The summed E-state index contributed by atoms with van der Waals surface area (Å²) in [6, 6.07) is 15.1. The molecule has 2 aromatic carbocycles. The number of fused-ring (bicyclic) bond motifs is 6. The van der Waals surface area contributed by atoms with E-state index in [9.17, 15) is 9.59 Å². The minimum Gasteiger partial charge on any atom is -0.481 e. The van der Waals surface area contributed by atoms with E-state index in [1.54, 1.807) is 0 Å². The Bertz CT molecular complexity index is 1790. The number of esters is 1. The lowest BCUT2D eigenvalue weighted by Gasteiger charge is -2.58. The van der Waals surface area contributed by atoms with E-state index < -0.39 is 5.63 Å². The number of carbonyl (C=O) groups excluding carboxylic acids is 1. The van der Waals surface area contributed by atoms with Gasteiger partial charge in [-0.2, -0.15) is 0 Å². The van der Waals surface area contributed by atoms with Crippen LogP contribution in [0.3, 0.4) is 0 Å². The molecule has 3 aromatic rings. The SMILES string of the molecule is Cc1c(OCC(=O)O[C@H]2CC[C@@]3(C)C(=CC[C@H]4[C@@H]5CC[C@H]([C@H](C)CCCC(C)C)[C@@]5(C)CC[C@@H]43)C2)ccc2c(-c3ccccc3)cc(=O)oc12. The fourth-order valence-corrected chi connectivity index (χ4v) is 11.5. The number of ether oxygens (including phenoxy) is 2. The van der Waals surface area contributed by atoms with Crippen LogP contribution < -0.4 is 10.4 Å². The van der Waals surface area contributed by atoms with Gasteiger partial charge in [-0.3, -0.25) is 0 Å². The van der Waals surface area contributed by atoms with Gasteiger partial charge < -0.3 is 13.9 Å². The molecular weight excluding hydrogens is 620 g/mol. The van der Waals surface area contributed by atoms with Crippen LogP contribution in [0, 0.1) is 53.3 Å². The Hall–Kier alpha value is -3.34. The van der Waals surface area contributed by atoms with Gasteiger partial charge in [-0.05, 0) is 121 Å². The summed E-state index contributed by atoms with van der Waals surface area (Å²) in [5.41, 5.74) is 4.75. The van der Waals surface area contributed by atoms with Crippen molar-refractivity contribution in [3.63, 3.8) is 0 Å². The van der Waals surface area contributed by atoms with Gasteiger partial charge in [0.2, 0.25) is 0 Å². The highest BCUT2D eigenvalue weighted by atomic mass is 16.6. The largest absolute Gasteiger partial charge is 0.481 e. The maximum atomic E-state index is 13.1. The first kappa shape index (κ1) is 35.1. The second-order valence-electron chi connectivity index (χ2n) is 17.3. The van der Waals surface area contributed by atoms with Gasteiger partial charge in [0.1, 0.15) is 17.4 Å². The number of allylic oxidation sites excluding steroid dienone is 1. The van der Waals surface area contributed by atoms with Gasteiger partial charge in [0, 0.05) is 23.4 Å². The molecule has 0 aliphatic heterocycles. The highest BCUT2D eigenvalue weighted by molar-refractivity contribution is 5.95. The molecule has 5 heteroatoms. The summed E-state index contributed by atoms with van der Waals surface area (Å²) in [4.78, 5) is 25.6. The zero-order chi connectivity index (χ0) is 35.2. The Morgan fingerprint density at radius 3 is 2.54 bits per heavy atom. The molecule has 3 fully saturated rings. The molecule has 8 atom stereocenters. The molecule has 3 saturated carbocycles. The monoisotopic (exact) mass is 678 g/mol. The minimum absolute atomic E-state index is 0.109. The van der Waals surface area contributed by atoms with E-state index >= 15 is 0 Å². The lowest BCUT2D eigenvalue weighted by molar-refractivity contribution is -0.153. The number of rotatable bonds is 10. The second kappa shape index (κ2) is 14.0. The van der Waals surface area contributed by atoms with Crippen LogP contribution in [0.25, 0.3) is 22.1 Å². The van der Waals surface area contributed by atoms with E-state index in [1.807, 2.05) is 49.4 Å². The minimum atomic E-state index is -0.416. The van der Waals surface area contributed by atoms with Crippen molar-refractivity contribution in [3.8, 4) is 16.9 Å².